The molecule has 0 bridgehead atoms. The van der Waals surface area contributed by atoms with Gasteiger partial charge in [0.1, 0.15) is 5.82 Å². The summed E-state index contributed by atoms with van der Waals surface area (Å²) in [5, 5.41) is 9.65. The maximum absolute atomic E-state index is 13.8. The van der Waals surface area contributed by atoms with Crippen LogP contribution in [-0.2, 0) is 7.05 Å². The van der Waals surface area contributed by atoms with Crippen molar-refractivity contribution in [3.8, 4) is 0 Å². The van der Waals surface area contributed by atoms with E-state index in [4.69, 9.17) is 0 Å². The lowest BCUT2D eigenvalue weighted by Gasteiger charge is -2.11. The van der Waals surface area contributed by atoms with Crippen LogP contribution in [0.25, 0.3) is 0 Å². The number of rotatable bonds is 5. The van der Waals surface area contributed by atoms with Gasteiger partial charge in [-0.25, -0.2) is 4.39 Å². The predicted molar refractivity (Wildman–Crippen MR) is 76.3 cm³/mol. The number of amides is 1. The molecule has 2 aromatic rings. The number of carbonyl (C=O) groups is 1. The normalized spacial score (nSPS) is 10.3. The number of halogens is 1. The monoisotopic (exact) mass is 276 g/mol. The van der Waals surface area contributed by atoms with E-state index in [-0.39, 0.29) is 17.2 Å². The van der Waals surface area contributed by atoms with Crippen molar-refractivity contribution in [2.45, 2.75) is 13.3 Å². The van der Waals surface area contributed by atoms with Crippen molar-refractivity contribution < 1.29 is 9.18 Å². The molecule has 0 aliphatic carbocycles. The van der Waals surface area contributed by atoms with Crippen molar-refractivity contribution in [2.75, 3.05) is 17.2 Å². The van der Waals surface area contributed by atoms with Crippen LogP contribution in [0, 0.1) is 5.82 Å². The zero-order valence-corrected chi connectivity index (χ0v) is 11.5. The third-order valence-electron chi connectivity index (χ3n) is 2.77. The van der Waals surface area contributed by atoms with Gasteiger partial charge in [-0.2, -0.15) is 5.10 Å². The van der Waals surface area contributed by atoms with Gasteiger partial charge >= 0.3 is 0 Å². The molecule has 0 spiro atoms. The molecule has 20 heavy (non-hydrogen) atoms. The molecule has 1 heterocycles. The average molecular weight is 276 g/mol. The summed E-state index contributed by atoms with van der Waals surface area (Å²) < 4.78 is 15.4. The van der Waals surface area contributed by atoms with Gasteiger partial charge in [-0.15, -0.1) is 0 Å². The molecule has 0 saturated heterocycles. The van der Waals surface area contributed by atoms with E-state index in [2.05, 4.69) is 15.7 Å². The second kappa shape index (κ2) is 6.18. The number of benzene rings is 1. The maximum atomic E-state index is 13.8. The van der Waals surface area contributed by atoms with Gasteiger partial charge in [-0.05, 0) is 18.6 Å². The summed E-state index contributed by atoms with van der Waals surface area (Å²) in [6.07, 6.45) is 2.56. The molecule has 1 amide bonds. The molecule has 0 atom stereocenters. The number of aromatic nitrogens is 2. The van der Waals surface area contributed by atoms with Crippen molar-refractivity contribution in [1.82, 2.24) is 9.78 Å². The summed E-state index contributed by atoms with van der Waals surface area (Å²) >= 11 is 0. The van der Waals surface area contributed by atoms with Gasteiger partial charge in [0, 0.05) is 25.9 Å². The number of anilines is 2. The molecule has 0 unspecified atom stereocenters. The molecule has 1 aromatic heterocycles. The van der Waals surface area contributed by atoms with Crippen molar-refractivity contribution in [1.29, 1.82) is 0 Å². The van der Waals surface area contributed by atoms with Gasteiger partial charge in [0.15, 0.2) is 5.82 Å². The Balaban J connectivity index is 2.22. The van der Waals surface area contributed by atoms with E-state index in [0.29, 0.717) is 12.4 Å². The Morgan fingerprint density at radius 3 is 2.85 bits per heavy atom. The van der Waals surface area contributed by atoms with Crippen molar-refractivity contribution >= 4 is 17.4 Å². The molecular weight excluding hydrogens is 259 g/mol. The van der Waals surface area contributed by atoms with Gasteiger partial charge < -0.3 is 10.6 Å². The minimum atomic E-state index is -0.438. The Labute approximate surface area is 116 Å². The first-order chi connectivity index (χ1) is 9.61. The number of para-hydroxylation sites is 1. The lowest BCUT2D eigenvalue weighted by atomic mass is 10.1. The fourth-order valence-corrected chi connectivity index (χ4v) is 1.81. The minimum Gasteiger partial charge on any atom is -0.382 e. The number of aryl methyl sites for hydroxylation is 1. The second-order valence-electron chi connectivity index (χ2n) is 4.42. The van der Waals surface area contributed by atoms with E-state index in [1.54, 1.807) is 30.1 Å². The molecule has 2 N–H and O–H groups in total. The Kier molecular flexibility index (Phi) is 4.34. The van der Waals surface area contributed by atoms with Crippen molar-refractivity contribution in [3.63, 3.8) is 0 Å². The highest BCUT2D eigenvalue weighted by molar-refractivity contribution is 6.07. The molecule has 0 radical (unpaired) electrons. The van der Waals surface area contributed by atoms with E-state index in [1.165, 1.54) is 12.1 Å². The zero-order valence-electron chi connectivity index (χ0n) is 11.5. The first-order valence-corrected chi connectivity index (χ1v) is 6.45. The Hall–Kier alpha value is -2.37. The molecule has 0 aliphatic heterocycles. The van der Waals surface area contributed by atoms with Crippen molar-refractivity contribution in [3.05, 3.63) is 41.8 Å². The summed E-state index contributed by atoms with van der Waals surface area (Å²) in [4.78, 5) is 12.2. The van der Waals surface area contributed by atoms with Gasteiger partial charge in [0.05, 0.1) is 11.3 Å². The number of nitrogens with one attached hydrogen (secondary N) is 2. The van der Waals surface area contributed by atoms with E-state index < -0.39 is 5.82 Å². The Morgan fingerprint density at radius 2 is 2.20 bits per heavy atom. The third-order valence-corrected chi connectivity index (χ3v) is 2.77. The second-order valence-corrected chi connectivity index (χ2v) is 4.42. The van der Waals surface area contributed by atoms with Crippen LogP contribution in [0.1, 0.15) is 23.7 Å². The first-order valence-electron chi connectivity index (χ1n) is 6.45. The molecule has 6 heteroatoms. The van der Waals surface area contributed by atoms with Crippen LogP contribution in [0.5, 0.6) is 0 Å². The van der Waals surface area contributed by atoms with Crippen LogP contribution >= 0.6 is 0 Å². The van der Waals surface area contributed by atoms with Crippen LogP contribution in [0.3, 0.4) is 0 Å². The summed E-state index contributed by atoms with van der Waals surface area (Å²) in [5.41, 5.74) is 0.492. The topological polar surface area (TPSA) is 59.0 Å². The summed E-state index contributed by atoms with van der Waals surface area (Å²) in [6, 6.07) is 6.10. The van der Waals surface area contributed by atoms with Gasteiger partial charge in [0.2, 0.25) is 0 Å². The molecular formula is C14H17FN4O. The van der Waals surface area contributed by atoms with E-state index >= 15 is 0 Å². The molecule has 0 saturated carbocycles. The lowest BCUT2D eigenvalue weighted by molar-refractivity contribution is 0.102. The average Bonchev–Trinajstić information content (AvgIpc) is 2.82. The van der Waals surface area contributed by atoms with Crippen LogP contribution in [0.15, 0.2) is 30.5 Å². The van der Waals surface area contributed by atoms with Crippen molar-refractivity contribution in [2.24, 2.45) is 7.05 Å². The lowest BCUT2D eigenvalue weighted by Crippen LogP contribution is -2.16. The van der Waals surface area contributed by atoms with E-state index in [0.717, 1.165) is 6.42 Å². The van der Waals surface area contributed by atoms with Gasteiger partial charge in [0.25, 0.3) is 5.91 Å². The highest BCUT2D eigenvalue weighted by atomic mass is 19.1. The smallest absolute Gasteiger partial charge is 0.259 e. The number of hydrogen-bond acceptors (Lipinski definition) is 3. The molecule has 1 aromatic carbocycles. The zero-order chi connectivity index (χ0) is 14.5. The van der Waals surface area contributed by atoms with Crippen LogP contribution < -0.4 is 10.6 Å². The Morgan fingerprint density at radius 1 is 1.40 bits per heavy atom. The SMILES string of the molecule is CCCNc1c(F)cccc1C(=O)Nc1ccn(C)n1. The van der Waals surface area contributed by atoms with Crippen LogP contribution in [-0.4, -0.2) is 22.2 Å². The summed E-state index contributed by atoms with van der Waals surface area (Å²) in [6.45, 7) is 2.58. The quantitative estimate of drug-likeness (QED) is 0.882. The maximum Gasteiger partial charge on any atom is 0.259 e. The number of hydrogen-bond donors (Lipinski definition) is 2. The van der Waals surface area contributed by atoms with Crippen LogP contribution in [0.2, 0.25) is 0 Å². The summed E-state index contributed by atoms with van der Waals surface area (Å²) in [5.74, 6) is -0.392. The fraction of sp³-hybridized carbons (Fsp3) is 0.286. The van der Waals surface area contributed by atoms with Gasteiger partial charge in [-0.3, -0.25) is 9.48 Å². The number of carbonyl (C=O) groups excluding carboxylic acids is 1. The minimum absolute atomic E-state index is 0.225. The molecule has 0 aliphatic rings. The van der Waals surface area contributed by atoms with Crippen LogP contribution in [0.4, 0.5) is 15.9 Å². The predicted octanol–water partition coefficient (Wildman–Crippen LogP) is 2.63. The summed E-state index contributed by atoms with van der Waals surface area (Å²) in [7, 11) is 1.76. The molecule has 5 nitrogen and oxygen atoms in total. The molecule has 2 rings (SSSR count). The van der Waals surface area contributed by atoms with E-state index in [9.17, 15) is 9.18 Å². The standard InChI is InChI=1S/C14H17FN4O/c1-3-8-16-13-10(5-4-6-11(13)15)14(20)17-12-7-9-19(2)18-12/h4-7,9,16H,3,8H2,1-2H3,(H,17,18,20). The third kappa shape index (κ3) is 3.14. The fourth-order valence-electron chi connectivity index (χ4n) is 1.81. The number of nitrogens with zero attached hydrogens (tertiary/aromatic N) is 2. The van der Waals surface area contributed by atoms with E-state index in [1.807, 2.05) is 6.92 Å². The van der Waals surface area contributed by atoms with Gasteiger partial charge in [-0.1, -0.05) is 13.0 Å². The highest BCUT2D eigenvalue weighted by Gasteiger charge is 2.15. The first kappa shape index (κ1) is 14.0. The molecule has 106 valence electrons. The Bertz CT molecular complexity index is 609. The highest BCUT2D eigenvalue weighted by Crippen LogP contribution is 2.21. The molecule has 0 fully saturated rings. The largest absolute Gasteiger partial charge is 0.382 e.